The molecule has 4 aromatic rings. The first-order chi connectivity index (χ1) is 15.7. The van der Waals surface area contributed by atoms with Gasteiger partial charge in [-0.1, -0.05) is 0 Å². The van der Waals surface area contributed by atoms with E-state index in [1.54, 1.807) is 22.0 Å². The summed E-state index contributed by atoms with van der Waals surface area (Å²) in [5.74, 6) is 0. The number of amides is 1. The molecule has 1 aliphatic rings. The molecule has 0 aliphatic carbocycles. The molecule has 0 bridgehead atoms. The normalized spacial score (nSPS) is 15.5. The molecule has 4 aromatic heterocycles. The van der Waals surface area contributed by atoms with Crippen molar-refractivity contribution in [1.82, 2.24) is 28.8 Å². The highest BCUT2D eigenvalue weighted by molar-refractivity contribution is 7.22. The molecule has 0 N–H and O–H groups in total. The van der Waals surface area contributed by atoms with E-state index in [0.29, 0.717) is 36.1 Å². The van der Waals surface area contributed by atoms with E-state index in [9.17, 15) is 9.59 Å². The van der Waals surface area contributed by atoms with Gasteiger partial charge < -0.3 is 14.0 Å². The van der Waals surface area contributed by atoms with Crippen LogP contribution in [0.15, 0.2) is 35.8 Å². The quantitative estimate of drug-likeness (QED) is 0.442. The van der Waals surface area contributed by atoms with E-state index in [0.717, 1.165) is 21.9 Å². The van der Waals surface area contributed by atoms with Crippen molar-refractivity contribution in [2.24, 2.45) is 0 Å². The minimum absolute atomic E-state index is 0.00188. The van der Waals surface area contributed by atoms with Crippen LogP contribution in [0, 0.1) is 6.92 Å². The van der Waals surface area contributed by atoms with Crippen LogP contribution in [-0.4, -0.2) is 53.6 Å². The number of hydrogen-bond donors (Lipinski definition) is 0. The van der Waals surface area contributed by atoms with E-state index in [1.807, 2.05) is 50.6 Å². The van der Waals surface area contributed by atoms with Gasteiger partial charge in [-0.3, -0.25) is 9.36 Å². The Morgan fingerprint density at radius 2 is 1.94 bits per heavy atom. The molecule has 10 heteroatoms. The number of imidazole rings is 1. The molecule has 0 atom stereocenters. The summed E-state index contributed by atoms with van der Waals surface area (Å²) in [5.41, 5.74) is 2.59. The van der Waals surface area contributed by atoms with Crippen molar-refractivity contribution in [3.63, 3.8) is 0 Å². The topological polar surface area (TPSA) is 94.6 Å². The smallest absolute Gasteiger partial charge is 0.410 e. The molecule has 1 amide bonds. The van der Waals surface area contributed by atoms with Crippen molar-refractivity contribution in [1.29, 1.82) is 0 Å². The molecule has 0 aromatic carbocycles. The van der Waals surface area contributed by atoms with Crippen LogP contribution in [0.4, 0.5) is 4.79 Å². The molecular formula is C23H26N6O3S. The predicted molar refractivity (Wildman–Crippen MR) is 127 cm³/mol. The monoisotopic (exact) mass is 466 g/mol. The molecule has 0 saturated carbocycles. The molecule has 1 saturated heterocycles. The number of piperidine rings is 1. The van der Waals surface area contributed by atoms with Crippen LogP contribution in [0.25, 0.3) is 26.4 Å². The van der Waals surface area contributed by atoms with Crippen molar-refractivity contribution in [2.75, 3.05) is 13.1 Å². The number of aryl methyl sites for hydroxylation is 1. The van der Waals surface area contributed by atoms with Crippen molar-refractivity contribution in [2.45, 2.75) is 52.2 Å². The number of likely N-dealkylation sites (tertiary alicyclic amines) is 1. The highest BCUT2D eigenvalue weighted by Gasteiger charge is 2.28. The largest absolute Gasteiger partial charge is 0.444 e. The zero-order valence-electron chi connectivity index (χ0n) is 19.1. The Morgan fingerprint density at radius 3 is 2.67 bits per heavy atom. The lowest BCUT2D eigenvalue weighted by atomic mass is 10.1. The summed E-state index contributed by atoms with van der Waals surface area (Å²) in [6.45, 7) is 8.62. The van der Waals surface area contributed by atoms with Crippen LogP contribution in [0.5, 0.6) is 0 Å². The fourth-order valence-corrected chi connectivity index (χ4v) is 5.13. The third kappa shape index (κ3) is 4.22. The first kappa shape index (κ1) is 21.6. The van der Waals surface area contributed by atoms with E-state index in [4.69, 9.17) is 4.74 Å². The van der Waals surface area contributed by atoms with E-state index >= 15 is 0 Å². The molecule has 5 rings (SSSR count). The molecule has 9 nitrogen and oxygen atoms in total. The molecule has 0 unspecified atom stereocenters. The number of hydrogen-bond acceptors (Lipinski definition) is 7. The SMILES string of the molecule is Cc1cn2cc(-c3cc4ncn(C5CCN(C(=O)OC(C)(C)C)CC5)c(=O)c4s3)ncc2n1. The lowest BCUT2D eigenvalue weighted by molar-refractivity contribution is 0.0187. The molecule has 1 aliphatic heterocycles. The van der Waals surface area contributed by atoms with Crippen molar-refractivity contribution in [3.05, 3.63) is 47.0 Å². The summed E-state index contributed by atoms with van der Waals surface area (Å²) in [7, 11) is 0. The van der Waals surface area contributed by atoms with Gasteiger partial charge in [-0.25, -0.2) is 19.7 Å². The number of rotatable bonds is 2. The summed E-state index contributed by atoms with van der Waals surface area (Å²) in [4.78, 5) is 41.7. The second-order valence-electron chi connectivity index (χ2n) is 9.40. The molecule has 172 valence electrons. The first-order valence-corrected chi connectivity index (χ1v) is 11.8. The van der Waals surface area contributed by atoms with Gasteiger partial charge in [0.15, 0.2) is 5.65 Å². The minimum Gasteiger partial charge on any atom is -0.444 e. The highest BCUT2D eigenvalue weighted by atomic mass is 32.1. The fraction of sp³-hybridized carbons (Fsp3) is 0.435. The van der Waals surface area contributed by atoms with Gasteiger partial charge >= 0.3 is 6.09 Å². The number of carbonyl (C=O) groups is 1. The zero-order valence-corrected chi connectivity index (χ0v) is 19.9. The van der Waals surface area contributed by atoms with Crippen LogP contribution in [0.1, 0.15) is 45.3 Å². The average molecular weight is 467 g/mol. The van der Waals surface area contributed by atoms with Crippen LogP contribution in [0.2, 0.25) is 0 Å². The highest BCUT2D eigenvalue weighted by Crippen LogP contribution is 2.31. The maximum Gasteiger partial charge on any atom is 0.410 e. The van der Waals surface area contributed by atoms with Crippen molar-refractivity contribution in [3.8, 4) is 10.6 Å². The summed E-state index contributed by atoms with van der Waals surface area (Å²) >= 11 is 1.41. The van der Waals surface area contributed by atoms with Gasteiger partial charge in [-0.2, -0.15) is 0 Å². The Morgan fingerprint density at radius 1 is 1.18 bits per heavy atom. The third-order valence-electron chi connectivity index (χ3n) is 5.69. The second kappa shape index (κ2) is 7.95. The van der Waals surface area contributed by atoms with E-state index < -0.39 is 5.60 Å². The maximum atomic E-state index is 13.3. The van der Waals surface area contributed by atoms with Gasteiger partial charge in [-0.15, -0.1) is 11.3 Å². The van der Waals surface area contributed by atoms with Crippen LogP contribution in [0.3, 0.4) is 0 Å². The van der Waals surface area contributed by atoms with Gasteiger partial charge in [-0.05, 0) is 46.6 Å². The Labute approximate surface area is 194 Å². The fourth-order valence-electron chi connectivity index (χ4n) is 4.12. The van der Waals surface area contributed by atoms with Crippen molar-refractivity contribution >= 4 is 33.3 Å². The Kier molecular flexibility index (Phi) is 5.19. The Hall–Kier alpha value is -3.27. The minimum atomic E-state index is -0.521. The van der Waals surface area contributed by atoms with E-state index in [-0.39, 0.29) is 17.7 Å². The lowest BCUT2D eigenvalue weighted by Crippen LogP contribution is -2.43. The summed E-state index contributed by atoms with van der Waals surface area (Å²) in [5, 5.41) is 0. The van der Waals surface area contributed by atoms with E-state index in [2.05, 4.69) is 15.0 Å². The Bertz CT molecular complexity index is 1410. The molecule has 0 spiro atoms. The van der Waals surface area contributed by atoms with E-state index in [1.165, 1.54) is 11.3 Å². The number of nitrogens with zero attached hydrogens (tertiary/aromatic N) is 6. The predicted octanol–water partition coefficient (Wildman–Crippen LogP) is 4.05. The van der Waals surface area contributed by atoms with Crippen LogP contribution in [-0.2, 0) is 4.74 Å². The number of carbonyl (C=O) groups excluding carboxylic acids is 1. The molecular weight excluding hydrogens is 440 g/mol. The summed E-state index contributed by atoms with van der Waals surface area (Å²) < 4.78 is 9.74. The second-order valence-corrected chi connectivity index (χ2v) is 10.5. The van der Waals surface area contributed by atoms with Crippen molar-refractivity contribution < 1.29 is 9.53 Å². The number of ether oxygens (including phenoxy) is 1. The lowest BCUT2D eigenvalue weighted by Gasteiger charge is -2.33. The average Bonchev–Trinajstić information content (AvgIpc) is 3.35. The maximum absolute atomic E-state index is 13.3. The molecule has 5 heterocycles. The molecule has 33 heavy (non-hydrogen) atoms. The number of aromatic nitrogens is 5. The first-order valence-electron chi connectivity index (χ1n) is 11.0. The Balaban J connectivity index is 1.38. The standard InChI is InChI=1S/C23H26N6O3S/c1-14-11-28-12-17(24-10-19(28)26-14)18-9-16-20(33-18)21(30)29(13-25-16)15-5-7-27(8-6-15)22(31)32-23(2,3)4/h9-13,15H,5-8H2,1-4H3. The molecule has 0 radical (unpaired) electrons. The number of thiophene rings is 1. The summed E-state index contributed by atoms with van der Waals surface area (Å²) in [6.07, 6.45) is 8.29. The zero-order chi connectivity index (χ0) is 23.3. The van der Waals surface area contributed by atoms with Crippen LogP contribution < -0.4 is 5.56 Å². The van der Waals surface area contributed by atoms with Gasteiger partial charge in [0.05, 0.1) is 34.3 Å². The third-order valence-corrected chi connectivity index (χ3v) is 6.82. The number of fused-ring (bicyclic) bond motifs is 2. The van der Waals surface area contributed by atoms with Gasteiger partial charge in [0.1, 0.15) is 10.3 Å². The summed E-state index contributed by atoms with van der Waals surface area (Å²) in [6, 6.07) is 1.91. The van der Waals surface area contributed by atoms with Gasteiger partial charge in [0.25, 0.3) is 5.56 Å². The van der Waals surface area contributed by atoms with Gasteiger partial charge in [0, 0.05) is 31.5 Å². The van der Waals surface area contributed by atoms with Crippen LogP contribution >= 0.6 is 11.3 Å². The molecule has 1 fully saturated rings. The van der Waals surface area contributed by atoms with Gasteiger partial charge in [0.2, 0.25) is 0 Å².